The molecular formula is C24H33N5O2. The van der Waals surface area contributed by atoms with Crippen molar-refractivity contribution in [2.75, 3.05) is 36.8 Å². The number of hydrogen-bond donors (Lipinski definition) is 3. The summed E-state index contributed by atoms with van der Waals surface area (Å²) in [6, 6.07) is 10.7. The van der Waals surface area contributed by atoms with Gasteiger partial charge in [0.15, 0.2) is 0 Å². The molecule has 7 nitrogen and oxygen atoms in total. The van der Waals surface area contributed by atoms with E-state index in [-0.39, 0.29) is 11.8 Å². The summed E-state index contributed by atoms with van der Waals surface area (Å²) in [5.74, 6) is 0.370. The lowest BCUT2D eigenvalue weighted by Gasteiger charge is -2.30. The molecule has 0 spiro atoms. The molecule has 0 saturated carbocycles. The summed E-state index contributed by atoms with van der Waals surface area (Å²) >= 11 is 0. The first kappa shape index (κ1) is 22.9. The number of carbonyl (C=O) groups excluding carboxylic acids is 2. The predicted molar refractivity (Wildman–Crippen MR) is 124 cm³/mol. The average molecular weight is 424 g/mol. The van der Waals surface area contributed by atoms with E-state index in [0.29, 0.717) is 17.1 Å². The molecule has 1 aromatic carbocycles. The van der Waals surface area contributed by atoms with Crippen LogP contribution >= 0.6 is 0 Å². The van der Waals surface area contributed by atoms with E-state index in [1.165, 1.54) is 32.9 Å². The maximum absolute atomic E-state index is 12.5. The van der Waals surface area contributed by atoms with Gasteiger partial charge in [0.1, 0.15) is 5.69 Å². The Morgan fingerprint density at radius 1 is 1.06 bits per heavy atom. The van der Waals surface area contributed by atoms with E-state index in [1.54, 1.807) is 36.5 Å². The summed E-state index contributed by atoms with van der Waals surface area (Å²) in [5, 5.41) is 8.98. The van der Waals surface area contributed by atoms with Crippen LogP contribution in [0.1, 0.15) is 49.2 Å². The second-order valence-corrected chi connectivity index (χ2v) is 8.29. The molecule has 1 fully saturated rings. The maximum atomic E-state index is 12.5. The van der Waals surface area contributed by atoms with E-state index in [4.69, 9.17) is 0 Å². The van der Waals surface area contributed by atoms with Crippen molar-refractivity contribution >= 4 is 23.2 Å². The molecule has 3 rings (SSSR count). The van der Waals surface area contributed by atoms with Crippen LogP contribution in [0.5, 0.6) is 0 Å². The highest BCUT2D eigenvalue weighted by Gasteiger charge is 2.14. The average Bonchev–Trinajstić information content (AvgIpc) is 2.76. The van der Waals surface area contributed by atoms with Gasteiger partial charge in [-0.1, -0.05) is 25.1 Å². The van der Waals surface area contributed by atoms with Gasteiger partial charge in [0.05, 0.1) is 11.4 Å². The van der Waals surface area contributed by atoms with Gasteiger partial charge >= 0.3 is 0 Å². The fourth-order valence-electron chi connectivity index (χ4n) is 3.69. The van der Waals surface area contributed by atoms with Crippen molar-refractivity contribution < 1.29 is 9.59 Å². The van der Waals surface area contributed by atoms with E-state index in [2.05, 4.69) is 32.8 Å². The summed E-state index contributed by atoms with van der Waals surface area (Å²) in [6.07, 6.45) is 5.50. The zero-order chi connectivity index (χ0) is 22.1. The monoisotopic (exact) mass is 423 g/mol. The molecule has 0 aliphatic carbocycles. The largest absolute Gasteiger partial charge is 0.325 e. The standard InChI is InChI=1S/C24H33N5O2/c1-18-10-14-29(15-11-18)13-5-12-25-16-20-8-9-23(26-17-20)24(31)28-22-7-4-3-6-21(22)27-19(2)30/h3-4,6-9,17-18,25H,5,10-16H2,1-2H3,(H,27,30)(H,28,31). The van der Waals surface area contributed by atoms with Gasteiger partial charge in [-0.25, -0.2) is 0 Å². The smallest absolute Gasteiger partial charge is 0.274 e. The highest BCUT2D eigenvalue weighted by molar-refractivity contribution is 6.06. The Morgan fingerprint density at radius 2 is 1.77 bits per heavy atom. The maximum Gasteiger partial charge on any atom is 0.274 e. The summed E-state index contributed by atoms with van der Waals surface area (Å²) in [6.45, 7) is 9.07. The van der Waals surface area contributed by atoms with Crippen molar-refractivity contribution in [2.24, 2.45) is 5.92 Å². The molecule has 31 heavy (non-hydrogen) atoms. The molecule has 1 aromatic heterocycles. The fraction of sp³-hybridized carbons (Fsp3) is 0.458. The van der Waals surface area contributed by atoms with Crippen molar-refractivity contribution in [2.45, 2.75) is 39.7 Å². The second-order valence-electron chi connectivity index (χ2n) is 8.29. The first-order valence-electron chi connectivity index (χ1n) is 11.1. The lowest BCUT2D eigenvalue weighted by molar-refractivity contribution is -0.114. The Balaban J connectivity index is 1.41. The van der Waals surface area contributed by atoms with Crippen LogP contribution in [0, 0.1) is 5.92 Å². The van der Waals surface area contributed by atoms with Crippen LogP contribution in [0.4, 0.5) is 11.4 Å². The molecule has 0 radical (unpaired) electrons. The molecule has 1 saturated heterocycles. The molecular weight excluding hydrogens is 390 g/mol. The third-order valence-electron chi connectivity index (χ3n) is 5.58. The second kappa shape index (κ2) is 11.6. The summed E-state index contributed by atoms with van der Waals surface area (Å²) in [5.41, 5.74) is 2.48. The number of amides is 2. The normalized spacial score (nSPS) is 14.9. The van der Waals surface area contributed by atoms with Crippen LogP contribution in [0.15, 0.2) is 42.6 Å². The molecule has 2 heterocycles. The summed E-state index contributed by atoms with van der Waals surface area (Å²) in [4.78, 5) is 30.7. The SMILES string of the molecule is CC(=O)Nc1ccccc1NC(=O)c1ccc(CNCCCN2CCC(C)CC2)cn1. The Kier molecular flexibility index (Phi) is 8.55. The predicted octanol–water partition coefficient (Wildman–Crippen LogP) is 3.50. The van der Waals surface area contributed by atoms with Gasteiger partial charge in [0, 0.05) is 19.7 Å². The van der Waals surface area contributed by atoms with Crippen LogP contribution in [0.3, 0.4) is 0 Å². The number of anilines is 2. The Hall–Kier alpha value is -2.77. The number of carbonyl (C=O) groups is 2. The minimum Gasteiger partial charge on any atom is -0.325 e. The lowest BCUT2D eigenvalue weighted by Crippen LogP contribution is -2.34. The Morgan fingerprint density at radius 3 is 2.42 bits per heavy atom. The number of rotatable bonds is 9. The van der Waals surface area contributed by atoms with Gasteiger partial charge in [0.25, 0.3) is 5.91 Å². The molecule has 0 unspecified atom stereocenters. The number of nitrogens with one attached hydrogen (secondary N) is 3. The molecule has 1 aliphatic heterocycles. The number of piperidine rings is 1. The first-order chi connectivity index (χ1) is 15.0. The number of pyridine rings is 1. The van der Waals surface area contributed by atoms with Gasteiger partial charge in [-0.05, 0) is 75.1 Å². The third-order valence-corrected chi connectivity index (χ3v) is 5.58. The van der Waals surface area contributed by atoms with Crippen molar-refractivity contribution in [3.8, 4) is 0 Å². The van der Waals surface area contributed by atoms with Gasteiger partial charge in [-0.15, -0.1) is 0 Å². The lowest BCUT2D eigenvalue weighted by atomic mass is 9.99. The fourth-order valence-corrected chi connectivity index (χ4v) is 3.69. The minimum absolute atomic E-state index is 0.192. The summed E-state index contributed by atoms with van der Waals surface area (Å²) in [7, 11) is 0. The molecule has 3 N–H and O–H groups in total. The van der Waals surface area contributed by atoms with E-state index in [1.807, 2.05) is 6.07 Å². The highest BCUT2D eigenvalue weighted by atomic mass is 16.2. The number of benzene rings is 1. The molecule has 0 bridgehead atoms. The quantitative estimate of drug-likeness (QED) is 0.538. The number of nitrogens with zero attached hydrogens (tertiary/aromatic N) is 2. The van der Waals surface area contributed by atoms with Crippen LogP contribution in [-0.2, 0) is 11.3 Å². The Bertz CT molecular complexity index is 861. The van der Waals surface area contributed by atoms with Crippen molar-refractivity contribution in [3.63, 3.8) is 0 Å². The van der Waals surface area contributed by atoms with Gasteiger partial charge in [-0.3, -0.25) is 14.6 Å². The van der Waals surface area contributed by atoms with Crippen LogP contribution in [0.25, 0.3) is 0 Å². The first-order valence-corrected chi connectivity index (χ1v) is 11.1. The zero-order valence-corrected chi connectivity index (χ0v) is 18.5. The molecule has 2 aromatic rings. The molecule has 1 aliphatic rings. The number of hydrogen-bond acceptors (Lipinski definition) is 5. The number of likely N-dealkylation sites (tertiary alicyclic amines) is 1. The van der Waals surface area contributed by atoms with Crippen molar-refractivity contribution in [1.29, 1.82) is 0 Å². The van der Waals surface area contributed by atoms with E-state index in [9.17, 15) is 9.59 Å². The topological polar surface area (TPSA) is 86.4 Å². The van der Waals surface area contributed by atoms with Crippen molar-refractivity contribution in [3.05, 3.63) is 53.9 Å². The molecule has 7 heteroatoms. The van der Waals surface area contributed by atoms with Crippen LogP contribution in [0.2, 0.25) is 0 Å². The van der Waals surface area contributed by atoms with Crippen LogP contribution in [-0.4, -0.2) is 47.9 Å². The Labute approximate surface area is 184 Å². The highest BCUT2D eigenvalue weighted by Crippen LogP contribution is 2.21. The van der Waals surface area contributed by atoms with E-state index in [0.717, 1.165) is 37.5 Å². The van der Waals surface area contributed by atoms with E-state index >= 15 is 0 Å². The van der Waals surface area contributed by atoms with Crippen LogP contribution < -0.4 is 16.0 Å². The van der Waals surface area contributed by atoms with Gasteiger partial charge in [0.2, 0.25) is 5.91 Å². The molecule has 166 valence electrons. The van der Waals surface area contributed by atoms with Crippen molar-refractivity contribution in [1.82, 2.24) is 15.2 Å². The number of para-hydroxylation sites is 2. The minimum atomic E-state index is -0.312. The molecule has 2 amide bonds. The number of aromatic nitrogens is 1. The van der Waals surface area contributed by atoms with E-state index < -0.39 is 0 Å². The van der Waals surface area contributed by atoms with Gasteiger partial charge < -0.3 is 20.9 Å². The van der Waals surface area contributed by atoms with Gasteiger partial charge in [-0.2, -0.15) is 0 Å². The third kappa shape index (κ3) is 7.45. The molecule has 0 atom stereocenters. The zero-order valence-electron chi connectivity index (χ0n) is 18.5. The summed E-state index contributed by atoms with van der Waals surface area (Å²) < 4.78 is 0.